The first-order chi connectivity index (χ1) is 19.8. The lowest BCUT2D eigenvalue weighted by Gasteiger charge is -2.14. The van der Waals surface area contributed by atoms with E-state index in [-0.39, 0.29) is 17.4 Å². The highest BCUT2D eigenvalue weighted by Gasteiger charge is 2.17. The maximum atomic E-state index is 13.3. The average molecular weight is 570 g/mol. The van der Waals surface area contributed by atoms with Gasteiger partial charge in [0.2, 0.25) is 5.91 Å². The van der Waals surface area contributed by atoms with E-state index in [1.54, 1.807) is 99.0 Å². The normalized spacial score (nSPS) is 11.7. The molecule has 4 rings (SSSR count). The first-order valence-electron chi connectivity index (χ1n) is 12.7. The fourth-order valence-corrected chi connectivity index (χ4v) is 4.56. The van der Waals surface area contributed by atoms with Gasteiger partial charge in [0.1, 0.15) is 17.3 Å². The third-order valence-corrected chi connectivity index (χ3v) is 6.95. The molecule has 1 atom stereocenters. The minimum absolute atomic E-state index is 0.0524. The van der Waals surface area contributed by atoms with Gasteiger partial charge >= 0.3 is 0 Å². The van der Waals surface area contributed by atoms with Gasteiger partial charge in [-0.1, -0.05) is 30.3 Å². The number of anilines is 2. The topological polar surface area (TPSA) is 96.5 Å². The Hall–Kier alpha value is -4.89. The van der Waals surface area contributed by atoms with E-state index >= 15 is 0 Å². The summed E-state index contributed by atoms with van der Waals surface area (Å²) in [6.45, 7) is 1.77. The maximum Gasteiger partial charge on any atom is 0.272 e. The van der Waals surface area contributed by atoms with Crippen molar-refractivity contribution in [1.29, 1.82) is 0 Å². The monoisotopic (exact) mass is 569 g/mol. The van der Waals surface area contributed by atoms with E-state index in [4.69, 9.17) is 4.74 Å². The molecule has 0 heterocycles. The van der Waals surface area contributed by atoms with Crippen molar-refractivity contribution in [3.8, 4) is 5.75 Å². The van der Waals surface area contributed by atoms with E-state index in [9.17, 15) is 18.8 Å². The Balaban J connectivity index is 1.44. The van der Waals surface area contributed by atoms with Crippen LogP contribution in [-0.4, -0.2) is 30.1 Å². The smallest absolute Gasteiger partial charge is 0.272 e. The molecule has 3 amide bonds. The van der Waals surface area contributed by atoms with Crippen LogP contribution in [0.4, 0.5) is 15.8 Å². The summed E-state index contributed by atoms with van der Waals surface area (Å²) in [7, 11) is 1.55. The number of ether oxygens (including phenoxy) is 1. The van der Waals surface area contributed by atoms with Gasteiger partial charge in [-0.3, -0.25) is 14.4 Å². The van der Waals surface area contributed by atoms with E-state index in [1.807, 2.05) is 0 Å². The van der Waals surface area contributed by atoms with Crippen molar-refractivity contribution in [2.24, 2.45) is 0 Å². The molecule has 3 N–H and O–H groups in total. The molecule has 0 spiro atoms. The van der Waals surface area contributed by atoms with Gasteiger partial charge < -0.3 is 20.7 Å². The van der Waals surface area contributed by atoms with Gasteiger partial charge in [-0.05, 0) is 91.4 Å². The first-order valence-corrected chi connectivity index (χ1v) is 13.6. The first kappa shape index (κ1) is 29.1. The van der Waals surface area contributed by atoms with Crippen LogP contribution in [-0.2, 0) is 9.59 Å². The number of rotatable bonds is 10. The van der Waals surface area contributed by atoms with Gasteiger partial charge in [-0.25, -0.2) is 4.39 Å². The molecule has 208 valence electrons. The highest BCUT2D eigenvalue weighted by Crippen LogP contribution is 2.26. The molecule has 0 aliphatic carbocycles. The maximum absolute atomic E-state index is 13.3. The second-order valence-electron chi connectivity index (χ2n) is 8.89. The molecule has 0 aliphatic rings. The molecule has 0 aromatic heterocycles. The molecule has 0 saturated heterocycles. The number of hydrogen-bond donors (Lipinski definition) is 3. The molecular formula is C32H28FN3O4S. The van der Waals surface area contributed by atoms with E-state index in [1.165, 1.54) is 36.0 Å². The van der Waals surface area contributed by atoms with Gasteiger partial charge in [0.15, 0.2) is 0 Å². The standard InChI is InChI=1S/C32H28FN3O4S/c1-21(30(37)34-25-13-11-24(33)12-14-25)41-28-17-15-26(16-18-28)35-32(39)29(20-22-7-6-10-27(19-22)40-2)36-31(38)23-8-4-3-5-9-23/h3-21H,1-2H3,(H,34,37)(H,35,39)(H,36,38)/b29-20-. The van der Waals surface area contributed by atoms with E-state index in [0.29, 0.717) is 28.3 Å². The Labute approximate surface area is 241 Å². The second-order valence-corrected chi connectivity index (χ2v) is 10.3. The lowest BCUT2D eigenvalue weighted by Crippen LogP contribution is -2.30. The minimum Gasteiger partial charge on any atom is -0.497 e. The molecule has 4 aromatic rings. The molecule has 7 nitrogen and oxygen atoms in total. The number of benzene rings is 4. The summed E-state index contributed by atoms with van der Waals surface area (Å²) >= 11 is 1.34. The molecule has 0 radical (unpaired) electrons. The molecular weight excluding hydrogens is 541 g/mol. The number of carbonyl (C=O) groups is 3. The Bertz CT molecular complexity index is 1540. The molecule has 0 fully saturated rings. The zero-order chi connectivity index (χ0) is 29.2. The lowest BCUT2D eigenvalue weighted by molar-refractivity contribution is -0.115. The fourth-order valence-electron chi connectivity index (χ4n) is 3.69. The number of halogens is 1. The van der Waals surface area contributed by atoms with Crippen molar-refractivity contribution in [1.82, 2.24) is 5.32 Å². The summed E-state index contributed by atoms with van der Waals surface area (Å²) in [5.41, 5.74) is 2.15. The van der Waals surface area contributed by atoms with Gasteiger partial charge in [0, 0.05) is 21.8 Å². The van der Waals surface area contributed by atoms with Crippen LogP contribution in [0, 0.1) is 5.82 Å². The largest absolute Gasteiger partial charge is 0.497 e. The van der Waals surface area contributed by atoms with Crippen LogP contribution in [0.2, 0.25) is 0 Å². The lowest BCUT2D eigenvalue weighted by atomic mass is 10.1. The Morgan fingerprint density at radius 2 is 1.49 bits per heavy atom. The van der Waals surface area contributed by atoms with Crippen molar-refractivity contribution in [2.75, 3.05) is 17.7 Å². The zero-order valence-electron chi connectivity index (χ0n) is 22.4. The average Bonchev–Trinajstić information content (AvgIpc) is 2.99. The van der Waals surface area contributed by atoms with Crippen LogP contribution in [0.1, 0.15) is 22.8 Å². The summed E-state index contributed by atoms with van der Waals surface area (Å²) in [4.78, 5) is 39.5. The molecule has 4 aromatic carbocycles. The van der Waals surface area contributed by atoms with Crippen molar-refractivity contribution < 1.29 is 23.5 Å². The van der Waals surface area contributed by atoms with Crippen LogP contribution in [0.5, 0.6) is 5.75 Å². The number of hydrogen-bond acceptors (Lipinski definition) is 5. The van der Waals surface area contributed by atoms with Gasteiger partial charge in [-0.2, -0.15) is 0 Å². The summed E-state index contributed by atoms with van der Waals surface area (Å²) in [5.74, 6) is -0.916. The van der Waals surface area contributed by atoms with E-state index in [2.05, 4.69) is 16.0 Å². The number of carbonyl (C=O) groups excluding carboxylic acids is 3. The molecule has 0 bridgehead atoms. The third kappa shape index (κ3) is 8.55. The van der Waals surface area contributed by atoms with E-state index < -0.39 is 17.1 Å². The van der Waals surface area contributed by atoms with Crippen molar-refractivity contribution in [3.63, 3.8) is 0 Å². The SMILES string of the molecule is COc1cccc(/C=C(\NC(=O)c2ccccc2)C(=O)Nc2ccc(SC(C)C(=O)Nc3ccc(F)cc3)cc2)c1. The highest BCUT2D eigenvalue weighted by molar-refractivity contribution is 8.00. The van der Waals surface area contributed by atoms with Crippen LogP contribution in [0.25, 0.3) is 6.08 Å². The van der Waals surface area contributed by atoms with Crippen molar-refractivity contribution in [3.05, 3.63) is 126 Å². The number of methoxy groups -OCH3 is 1. The number of thioether (sulfide) groups is 1. The fraction of sp³-hybridized carbons (Fsp3) is 0.0938. The summed E-state index contributed by atoms with van der Waals surface area (Å²) in [6.07, 6.45) is 1.57. The van der Waals surface area contributed by atoms with Crippen molar-refractivity contribution >= 4 is 46.9 Å². The summed E-state index contributed by atoms with van der Waals surface area (Å²) in [5, 5.41) is 7.86. The van der Waals surface area contributed by atoms with Crippen molar-refractivity contribution in [2.45, 2.75) is 17.1 Å². The van der Waals surface area contributed by atoms with Gasteiger partial charge in [0.25, 0.3) is 11.8 Å². The Morgan fingerprint density at radius 3 is 2.17 bits per heavy atom. The number of nitrogens with one attached hydrogen (secondary N) is 3. The number of amides is 3. The Kier molecular flexibility index (Phi) is 9.90. The molecule has 41 heavy (non-hydrogen) atoms. The van der Waals surface area contributed by atoms with Crippen LogP contribution >= 0.6 is 11.8 Å². The Morgan fingerprint density at radius 1 is 0.829 bits per heavy atom. The third-order valence-electron chi connectivity index (χ3n) is 5.84. The van der Waals surface area contributed by atoms with Crippen LogP contribution in [0.15, 0.2) is 114 Å². The van der Waals surface area contributed by atoms with Crippen LogP contribution < -0.4 is 20.7 Å². The van der Waals surface area contributed by atoms with Gasteiger partial charge in [0.05, 0.1) is 12.4 Å². The van der Waals surface area contributed by atoms with Crippen LogP contribution in [0.3, 0.4) is 0 Å². The summed E-state index contributed by atoms with van der Waals surface area (Å²) < 4.78 is 18.4. The quantitative estimate of drug-likeness (QED) is 0.153. The molecule has 1 unspecified atom stereocenters. The predicted molar refractivity (Wildman–Crippen MR) is 160 cm³/mol. The van der Waals surface area contributed by atoms with E-state index in [0.717, 1.165) is 4.90 Å². The zero-order valence-corrected chi connectivity index (χ0v) is 23.2. The minimum atomic E-state index is -0.510. The highest BCUT2D eigenvalue weighted by atomic mass is 32.2. The second kappa shape index (κ2) is 14.0. The predicted octanol–water partition coefficient (Wildman–Crippen LogP) is 6.36. The summed E-state index contributed by atoms with van der Waals surface area (Å²) in [6, 6.07) is 28.3. The molecule has 0 aliphatic heterocycles. The van der Waals surface area contributed by atoms with Gasteiger partial charge in [-0.15, -0.1) is 11.8 Å². The molecule has 9 heteroatoms. The molecule has 0 saturated carbocycles.